The van der Waals surface area contributed by atoms with Gasteiger partial charge >= 0.3 is 12.1 Å². The van der Waals surface area contributed by atoms with Crippen LogP contribution in [0.2, 0.25) is 0 Å². The van der Waals surface area contributed by atoms with Crippen molar-refractivity contribution < 1.29 is 27.5 Å². The van der Waals surface area contributed by atoms with Crippen LogP contribution >= 0.6 is 0 Å². The summed E-state index contributed by atoms with van der Waals surface area (Å²) in [6.07, 6.45) is -5.75. The maximum atomic E-state index is 12.8. The Labute approximate surface area is 164 Å². The normalized spacial score (nSPS) is 12.4. The maximum Gasteiger partial charge on any atom is 0.416 e. The quantitative estimate of drug-likeness (QED) is 0.640. The molecular weight excluding hydrogens is 385 g/mol. The van der Waals surface area contributed by atoms with E-state index in [0.29, 0.717) is 16.6 Å². The molecule has 5 nitrogen and oxygen atoms in total. The number of nitrogens with zero attached hydrogens (tertiary/aromatic N) is 1. The number of carbonyl (C=O) groups excluding carboxylic acids is 2. The lowest BCUT2D eigenvalue weighted by Crippen LogP contribution is -2.30. The van der Waals surface area contributed by atoms with Gasteiger partial charge < -0.3 is 10.1 Å². The summed E-state index contributed by atoms with van der Waals surface area (Å²) in [6.45, 7) is 3.07. The van der Waals surface area contributed by atoms with Crippen LogP contribution in [0.3, 0.4) is 0 Å². The number of aromatic nitrogens is 1. The number of para-hydroxylation sites is 1. The first-order chi connectivity index (χ1) is 13.6. The fourth-order valence-corrected chi connectivity index (χ4v) is 2.77. The minimum atomic E-state index is -4.53. The van der Waals surface area contributed by atoms with Crippen LogP contribution in [0, 0.1) is 6.92 Å². The molecule has 0 spiro atoms. The molecule has 1 atom stereocenters. The highest BCUT2D eigenvalue weighted by atomic mass is 19.4. The number of aryl methyl sites for hydroxylation is 1. The lowest BCUT2D eigenvalue weighted by atomic mass is 10.1. The number of fused-ring (bicyclic) bond motifs is 1. The molecule has 0 aliphatic heterocycles. The Hall–Kier alpha value is -3.42. The van der Waals surface area contributed by atoms with Gasteiger partial charge in [-0.05, 0) is 44.2 Å². The van der Waals surface area contributed by atoms with E-state index in [-0.39, 0.29) is 11.3 Å². The first-order valence-electron chi connectivity index (χ1n) is 8.70. The number of nitrogens with one attached hydrogen (secondary N) is 1. The minimum Gasteiger partial charge on any atom is -0.449 e. The van der Waals surface area contributed by atoms with Crippen molar-refractivity contribution in [2.24, 2.45) is 0 Å². The average Bonchev–Trinajstić information content (AvgIpc) is 2.66. The van der Waals surface area contributed by atoms with Gasteiger partial charge in [0.2, 0.25) is 0 Å². The minimum absolute atomic E-state index is 0.0436. The van der Waals surface area contributed by atoms with Crippen LogP contribution in [-0.2, 0) is 15.7 Å². The van der Waals surface area contributed by atoms with Crippen molar-refractivity contribution in [2.45, 2.75) is 26.1 Å². The van der Waals surface area contributed by atoms with E-state index in [1.54, 1.807) is 37.3 Å². The van der Waals surface area contributed by atoms with Crippen molar-refractivity contribution in [2.75, 3.05) is 5.32 Å². The number of benzene rings is 2. The monoisotopic (exact) mass is 402 g/mol. The molecule has 0 fully saturated rings. The number of esters is 1. The van der Waals surface area contributed by atoms with Gasteiger partial charge in [-0.25, -0.2) is 4.79 Å². The van der Waals surface area contributed by atoms with Crippen molar-refractivity contribution in [3.8, 4) is 0 Å². The molecule has 0 bridgehead atoms. The standard InChI is InChI=1S/C21H17F3N2O3/c1-12-10-17(16-8-3-4-9-18(16)25-12)20(28)29-13(2)19(27)26-15-7-5-6-14(11-15)21(22,23)24/h3-11,13H,1-2H3,(H,26,27)/t13-/m0/s1. The summed E-state index contributed by atoms with van der Waals surface area (Å²) in [4.78, 5) is 29.2. The average molecular weight is 402 g/mol. The molecule has 8 heteroatoms. The number of alkyl halides is 3. The number of hydrogen-bond acceptors (Lipinski definition) is 4. The molecular formula is C21H17F3N2O3. The summed E-state index contributed by atoms with van der Waals surface area (Å²) >= 11 is 0. The number of anilines is 1. The van der Waals surface area contributed by atoms with Gasteiger partial charge in [0.1, 0.15) is 0 Å². The summed E-state index contributed by atoms with van der Waals surface area (Å²) in [5.74, 6) is -1.47. The third-order valence-corrected chi connectivity index (χ3v) is 4.17. The molecule has 3 rings (SSSR count). The number of rotatable bonds is 4. The van der Waals surface area contributed by atoms with E-state index in [9.17, 15) is 22.8 Å². The summed E-state index contributed by atoms with van der Waals surface area (Å²) in [5.41, 5.74) is 0.542. The Morgan fingerprint density at radius 3 is 2.52 bits per heavy atom. The molecule has 150 valence electrons. The molecule has 0 aliphatic rings. The molecule has 1 N–H and O–H groups in total. The number of amides is 1. The zero-order valence-electron chi connectivity index (χ0n) is 15.6. The highest BCUT2D eigenvalue weighted by Gasteiger charge is 2.30. The van der Waals surface area contributed by atoms with Crippen LogP contribution in [0.25, 0.3) is 10.9 Å². The zero-order valence-corrected chi connectivity index (χ0v) is 15.6. The van der Waals surface area contributed by atoms with Crippen LogP contribution in [0.15, 0.2) is 54.6 Å². The highest BCUT2D eigenvalue weighted by molar-refractivity contribution is 6.05. The summed E-state index contributed by atoms with van der Waals surface area (Å²) in [7, 11) is 0. The summed E-state index contributed by atoms with van der Waals surface area (Å²) in [6, 6.07) is 12.8. The molecule has 0 saturated carbocycles. The van der Waals surface area contributed by atoms with Gasteiger partial charge in [0.25, 0.3) is 5.91 Å². The second-order valence-corrected chi connectivity index (χ2v) is 6.44. The maximum absolute atomic E-state index is 12.8. The van der Waals surface area contributed by atoms with E-state index in [4.69, 9.17) is 4.74 Å². The molecule has 29 heavy (non-hydrogen) atoms. The van der Waals surface area contributed by atoms with E-state index in [0.717, 1.165) is 12.1 Å². The van der Waals surface area contributed by atoms with Crippen molar-refractivity contribution in [3.05, 3.63) is 71.4 Å². The molecule has 1 aromatic heterocycles. The Bertz CT molecular complexity index is 1080. The number of carbonyl (C=O) groups is 2. The Morgan fingerprint density at radius 2 is 1.79 bits per heavy atom. The Balaban J connectivity index is 1.74. The third-order valence-electron chi connectivity index (χ3n) is 4.17. The zero-order chi connectivity index (χ0) is 21.2. The fourth-order valence-electron chi connectivity index (χ4n) is 2.77. The van der Waals surface area contributed by atoms with Gasteiger partial charge in [0, 0.05) is 16.8 Å². The van der Waals surface area contributed by atoms with Gasteiger partial charge in [-0.2, -0.15) is 13.2 Å². The van der Waals surface area contributed by atoms with Crippen LogP contribution in [0.1, 0.15) is 28.5 Å². The van der Waals surface area contributed by atoms with E-state index in [1.807, 2.05) is 0 Å². The van der Waals surface area contributed by atoms with Crippen LogP contribution in [0.4, 0.5) is 18.9 Å². The molecule has 2 aromatic carbocycles. The Kier molecular flexibility index (Phi) is 5.54. The van der Waals surface area contributed by atoms with Crippen LogP contribution in [0.5, 0.6) is 0 Å². The van der Waals surface area contributed by atoms with E-state index < -0.39 is 29.7 Å². The predicted octanol–water partition coefficient (Wildman–Crippen LogP) is 4.75. The molecule has 1 amide bonds. The Morgan fingerprint density at radius 1 is 1.07 bits per heavy atom. The SMILES string of the molecule is Cc1cc(C(=O)O[C@@H](C)C(=O)Nc2cccc(C(F)(F)F)c2)c2ccccc2n1. The molecule has 0 aliphatic carbocycles. The fraction of sp³-hybridized carbons (Fsp3) is 0.190. The van der Waals surface area contributed by atoms with Crippen molar-refractivity contribution >= 4 is 28.5 Å². The number of halogens is 3. The highest BCUT2D eigenvalue weighted by Crippen LogP contribution is 2.30. The summed E-state index contributed by atoms with van der Waals surface area (Å²) < 4.78 is 43.6. The van der Waals surface area contributed by atoms with Gasteiger partial charge in [-0.3, -0.25) is 9.78 Å². The predicted molar refractivity (Wildman–Crippen MR) is 101 cm³/mol. The molecule has 3 aromatic rings. The van der Waals surface area contributed by atoms with Gasteiger partial charge in [0.15, 0.2) is 6.10 Å². The van der Waals surface area contributed by atoms with E-state index in [1.165, 1.54) is 19.1 Å². The molecule has 1 heterocycles. The first kappa shape index (κ1) is 20.3. The van der Waals surface area contributed by atoms with E-state index in [2.05, 4.69) is 10.3 Å². The smallest absolute Gasteiger partial charge is 0.416 e. The topological polar surface area (TPSA) is 68.3 Å². The van der Waals surface area contributed by atoms with Gasteiger partial charge in [-0.1, -0.05) is 24.3 Å². The largest absolute Gasteiger partial charge is 0.449 e. The molecule has 0 saturated heterocycles. The second kappa shape index (κ2) is 7.90. The number of hydrogen-bond donors (Lipinski definition) is 1. The van der Waals surface area contributed by atoms with Gasteiger partial charge in [0.05, 0.1) is 16.6 Å². The van der Waals surface area contributed by atoms with Crippen LogP contribution < -0.4 is 5.32 Å². The first-order valence-corrected chi connectivity index (χ1v) is 8.70. The van der Waals surface area contributed by atoms with Crippen molar-refractivity contribution in [1.29, 1.82) is 0 Å². The molecule has 0 unspecified atom stereocenters. The molecule has 0 radical (unpaired) electrons. The third kappa shape index (κ3) is 4.71. The lowest BCUT2D eigenvalue weighted by molar-refractivity contribution is -0.137. The van der Waals surface area contributed by atoms with Crippen molar-refractivity contribution in [1.82, 2.24) is 4.98 Å². The van der Waals surface area contributed by atoms with Gasteiger partial charge in [-0.15, -0.1) is 0 Å². The summed E-state index contributed by atoms with van der Waals surface area (Å²) in [5, 5.41) is 2.91. The number of pyridine rings is 1. The second-order valence-electron chi connectivity index (χ2n) is 6.44. The van der Waals surface area contributed by atoms with Crippen LogP contribution in [-0.4, -0.2) is 23.0 Å². The number of ether oxygens (including phenoxy) is 1. The van der Waals surface area contributed by atoms with Crippen molar-refractivity contribution in [3.63, 3.8) is 0 Å². The lowest BCUT2D eigenvalue weighted by Gasteiger charge is -2.15. The van der Waals surface area contributed by atoms with E-state index >= 15 is 0 Å².